The zero-order valence-corrected chi connectivity index (χ0v) is 21.8. The molecule has 0 aliphatic carbocycles. The van der Waals surface area contributed by atoms with Gasteiger partial charge in [0.2, 0.25) is 0 Å². The first-order chi connectivity index (χ1) is 15.2. The molecule has 0 aliphatic rings. The second-order valence-electron chi connectivity index (χ2n) is 9.32. The Morgan fingerprint density at radius 3 is 0.871 bits per heavy atom. The molecular formula is C28H59NO2. The number of carboxylic acids is 1. The molecule has 0 amide bonds. The van der Waals surface area contributed by atoms with E-state index in [0.29, 0.717) is 6.54 Å². The SMILES string of the molecule is CCCCCCCCCCCCCCCCCCCCCCCC.CNCCC(=O)O. The van der Waals surface area contributed by atoms with Crippen molar-refractivity contribution in [1.82, 2.24) is 5.32 Å². The van der Waals surface area contributed by atoms with Crippen LogP contribution < -0.4 is 5.32 Å². The lowest BCUT2D eigenvalue weighted by Gasteiger charge is -2.04. The lowest BCUT2D eigenvalue weighted by Crippen LogP contribution is -2.11. The van der Waals surface area contributed by atoms with Crippen LogP contribution >= 0.6 is 0 Å². The minimum Gasteiger partial charge on any atom is -0.481 e. The summed E-state index contributed by atoms with van der Waals surface area (Å²) in [6, 6.07) is 0. The Hall–Kier alpha value is -0.570. The van der Waals surface area contributed by atoms with Gasteiger partial charge in [-0.05, 0) is 7.05 Å². The number of rotatable bonds is 24. The topological polar surface area (TPSA) is 49.3 Å². The Morgan fingerprint density at radius 2 is 0.742 bits per heavy atom. The maximum absolute atomic E-state index is 9.72. The van der Waals surface area contributed by atoms with Crippen LogP contribution in [0.25, 0.3) is 0 Å². The largest absolute Gasteiger partial charge is 0.481 e. The molecule has 0 aromatic carbocycles. The van der Waals surface area contributed by atoms with Crippen molar-refractivity contribution < 1.29 is 9.90 Å². The van der Waals surface area contributed by atoms with Crippen LogP contribution in [-0.4, -0.2) is 24.7 Å². The van der Waals surface area contributed by atoms with Crippen LogP contribution in [0.3, 0.4) is 0 Å². The Labute approximate surface area is 196 Å². The summed E-state index contributed by atoms with van der Waals surface area (Å²) in [5, 5.41) is 10.7. The third-order valence-electron chi connectivity index (χ3n) is 6.05. The van der Waals surface area contributed by atoms with E-state index in [1.165, 1.54) is 141 Å². The van der Waals surface area contributed by atoms with E-state index in [4.69, 9.17) is 5.11 Å². The number of unbranched alkanes of at least 4 members (excludes halogenated alkanes) is 21. The van der Waals surface area contributed by atoms with E-state index in [1.807, 2.05) is 0 Å². The monoisotopic (exact) mass is 441 g/mol. The normalized spacial score (nSPS) is 10.7. The van der Waals surface area contributed by atoms with Crippen LogP contribution in [0.5, 0.6) is 0 Å². The van der Waals surface area contributed by atoms with Crippen molar-refractivity contribution in [1.29, 1.82) is 0 Å². The molecule has 31 heavy (non-hydrogen) atoms. The third kappa shape index (κ3) is 37.1. The van der Waals surface area contributed by atoms with E-state index in [1.54, 1.807) is 7.05 Å². The molecule has 0 heterocycles. The Bertz CT molecular complexity index is 298. The van der Waals surface area contributed by atoms with Crippen molar-refractivity contribution >= 4 is 5.97 Å². The molecule has 2 N–H and O–H groups in total. The second-order valence-corrected chi connectivity index (χ2v) is 9.32. The first-order valence-electron chi connectivity index (χ1n) is 14.0. The molecule has 0 unspecified atom stereocenters. The zero-order valence-electron chi connectivity index (χ0n) is 21.8. The van der Waals surface area contributed by atoms with Crippen molar-refractivity contribution in [3.63, 3.8) is 0 Å². The first-order valence-corrected chi connectivity index (χ1v) is 14.0. The number of hydrogen-bond donors (Lipinski definition) is 2. The molecule has 0 rings (SSSR count). The van der Waals surface area contributed by atoms with Gasteiger partial charge in [0, 0.05) is 6.54 Å². The zero-order chi connectivity index (χ0) is 23.3. The quantitative estimate of drug-likeness (QED) is 0.147. The standard InChI is InChI=1S/C24H50.C4H9NO2/c1-3-5-7-9-11-13-15-17-19-21-23-24-22-20-18-16-14-12-10-8-6-4-2;1-5-3-2-4(6)7/h3-24H2,1-2H3;5H,2-3H2,1H3,(H,6,7). The van der Waals surface area contributed by atoms with Crippen LogP contribution in [0.15, 0.2) is 0 Å². The number of carbonyl (C=O) groups is 1. The van der Waals surface area contributed by atoms with Gasteiger partial charge in [-0.1, -0.05) is 155 Å². The van der Waals surface area contributed by atoms with Gasteiger partial charge in [-0.15, -0.1) is 0 Å². The lowest BCUT2D eigenvalue weighted by atomic mass is 10.0. The first kappa shape index (κ1) is 32.6. The average molecular weight is 442 g/mol. The number of aliphatic carboxylic acids is 1. The van der Waals surface area contributed by atoms with Crippen molar-refractivity contribution in [3.05, 3.63) is 0 Å². The number of nitrogens with one attached hydrogen (secondary N) is 1. The molecular weight excluding hydrogens is 382 g/mol. The fourth-order valence-electron chi connectivity index (χ4n) is 3.91. The smallest absolute Gasteiger partial charge is 0.304 e. The van der Waals surface area contributed by atoms with Gasteiger partial charge in [0.1, 0.15) is 0 Å². The maximum Gasteiger partial charge on any atom is 0.304 e. The highest BCUT2D eigenvalue weighted by Gasteiger charge is 1.95. The summed E-state index contributed by atoms with van der Waals surface area (Å²) in [7, 11) is 1.73. The highest BCUT2D eigenvalue weighted by atomic mass is 16.4. The van der Waals surface area contributed by atoms with Crippen LogP contribution in [0, 0.1) is 0 Å². The van der Waals surface area contributed by atoms with Crippen LogP contribution in [0.2, 0.25) is 0 Å². The molecule has 0 aromatic rings. The van der Waals surface area contributed by atoms with Crippen molar-refractivity contribution in [3.8, 4) is 0 Å². The lowest BCUT2D eigenvalue weighted by molar-refractivity contribution is -0.136. The van der Waals surface area contributed by atoms with Crippen molar-refractivity contribution in [2.45, 2.75) is 162 Å². The molecule has 0 bridgehead atoms. The molecule has 0 atom stereocenters. The van der Waals surface area contributed by atoms with Gasteiger partial charge in [-0.25, -0.2) is 0 Å². The minimum absolute atomic E-state index is 0.205. The summed E-state index contributed by atoms with van der Waals surface area (Å²) < 4.78 is 0. The highest BCUT2D eigenvalue weighted by Crippen LogP contribution is 2.15. The van der Waals surface area contributed by atoms with E-state index in [9.17, 15) is 4.79 Å². The number of hydrogen-bond acceptors (Lipinski definition) is 2. The summed E-state index contributed by atoms with van der Waals surface area (Å²) in [6.07, 6.45) is 32.6. The molecule has 0 radical (unpaired) electrons. The molecule has 0 aromatic heterocycles. The summed E-state index contributed by atoms with van der Waals surface area (Å²) >= 11 is 0. The summed E-state index contributed by atoms with van der Waals surface area (Å²) in [4.78, 5) is 9.72. The highest BCUT2D eigenvalue weighted by molar-refractivity contribution is 5.66. The molecule has 0 aliphatic heterocycles. The van der Waals surface area contributed by atoms with Gasteiger partial charge in [-0.3, -0.25) is 4.79 Å². The van der Waals surface area contributed by atoms with Gasteiger partial charge in [0.15, 0.2) is 0 Å². The Morgan fingerprint density at radius 1 is 0.516 bits per heavy atom. The van der Waals surface area contributed by atoms with Gasteiger partial charge in [0.05, 0.1) is 6.42 Å². The Balaban J connectivity index is 0. The molecule has 0 spiro atoms. The van der Waals surface area contributed by atoms with Gasteiger partial charge in [0.25, 0.3) is 0 Å². The third-order valence-corrected chi connectivity index (χ3v) is 6.05. The van der Waals surface area contributed by atoms with Crippen molar-refractivity contribution in [2.24, 2.45) is 0 Å². The molecule has 188 valence electrons. The summed E-state index contributed by atoms with van der Waals surface area (Å²) in [6.45, 7) is 5.15. The molecule has 0 fully saturated rings. The van der Waals surface area contributed by atoms with Gasteiger partial charge >= 0.3 is 5.97 Å². The van der Waals surface area contributed by atoms with Gasteiger partial charge < -0.3 is 10.4 Å². The molecule has 3 nitrogen and oxygen atoms in total. The fourth-order valence-corrected chi connectivity index (χ4v) is 3.91. The average Bonchev–Trinajstić information content (AvgIpc) is 2.76. The molecule has 0 saturated heterocycles. The predicted molar refractivity (Wildman–Crippen MR) is 139 cm³/mol. The van der Waals surface area contributed by atoms with E-state index in [0.717, 1.165) is 0 Å². The number of carboxylic acid groups (broad SMARTS) is 1. The molecule has 0 saturated carbocycles. The van der Waals surface area contributed by atoms with E-state index >= 15 is 0 Å². The predicted octanol–water partition coefficient (Wildman–Crippen LogP) is 9.29. The van der Waals surface area contributed by atoms with E-state index in [-0.39, 0.29) is 6.42 Å². The summed E-state index contributed by atoms with van der Waals surface area (Å²) in [5.41, 5.74) is 0. The fraction of sp³-hybridized carbons (Fsp3) is 0.964. The van der Waals surface area contributed by atoms with Gasteiger partial charge in [-0.2, -0.15) is 0 Å². The van der Waals surface area contributed by atoms with Crippen LogP contribution in [0.1, 0.15) is 162 Å². The van der Waals surface area contributed by atoms with Crippen LogP contribution in [0.4, 0.5) is 0 Å². The Kier molecular flexibility index (Phi) is 33.3. The van der Waals surface area contributed by atoms with E-state index < -0.39 is 5.97 Å². The minimum atomic E-state index is -0.755. The maximum atomic E-state index is 9.72. The molecule has 3 heteroatoms. The van der Waals surface area contributed by atoms with Crippen LogP contribution in [-0.2, 0) is 4.79 Å². The van der Waals surface area contributed by atoms with E-state index in [2.05, 4.69) is 19.2 Å². The van der Waals surface area contributed by atoms with Crippen molar-refractivity contribution in [2.75, 3.05) is 13.6 Å². The second kappa shape index (κ2) is 31.6. The summed E-state index contributed by atoms with van der Waals surface area (Å²) in [5.74, 6) is -0.755.